The number of rotatable bonds is 11. The zero-order valence-corrected chi connectivity index (χ0v) is 23.0. The highest BCUT2D eigenvalue weighted by Gasteiger charge is 2.30. The van der Waals surface area contributed by atoms with Crippen molar-refractivity contribution >= 4 is 43.5 Å². The number of alkyl halides is 3. The van der Waals surface area contributed by atoms with Crippen LogP contribution < -0.4 is 9.88 Å². The molecule has 1 amide bonds. The second-order valence-electron chi connectivity index (χ2n) is 8.60. The predicted octanol–water partition coefficient (Wildman–Crippen LogP) is 2.72. The van der Waals surface area contributed by atoms with Crippen molar-refractivity contribution in [2.24, 2.45) is 5.14 Å². The number of halogens is 3. The van der Waals surface area contributed by atoms with E-state index in [2.05, 4.69) is 15.3 Å². The number of aromatic nitrogens is 4. The van der Waals surface area contributed by atoms with Crippen LogP contribution in [0.25, 0.3) is 10.2 Å². The van der Waals surface area contributed by atoms with Gasteiger partial charge in [-0.2, -0.15) is 13.2 Å². The Morgan fingerprint density at radius 1 is 1.15 bits per heavy atom. The van der Waals surface area contributed by atoms with Crippen molar-refractivity contribution < 1.29 is 40.7 Å². The molecule has 12 nitrogen and oxygen atoms in total. The number of amides is 1. The van der Waals surface area contributed by atoms with Gasteiger partial charge in [-0.25, -0.2) is 23.2 Å². The third-order valence-corrected chi connectivity index (χ3v) is 7.82. The third kappa shape index (κ3) is 7.99. The predicted molar refractivity (Wildman–Crippen MR) is 139 cm³/mol. The van der Waals surface area contributed by atoms with Gasteiger partial charge in [0.25, 0.3) is 10.0 Å². The molecule has 4 aromatic rings. The second-order valence-corrected chi connectivity index (χ2v) is 11.4. The summed E-state index contributed by atoms with van der Waals surface area (Å²) in [5.74, 6) is -0.809. The van der Waals surface area contributed by atoms with E-state index in [0.29, 0.717) is 27.2 Å². The van der Waals surface area contributed by atoms with E-state index in [1.165, 1.54) is 23.0 Å². The van der Waals surface area contributed by atoms with E-state index in [1.807, 2.05) is 0 Å². The first-order valence-corrected chi connectivity index (χ1v) is 14.2. The number of hydrogen-bond acceptors (Lipinski definition) is 10. The first-order chi connectivity index (χ1) is 19.3. The Morgan fingerprint density at radius 2 is 1.88 bits per heavy atom. The zero-order valence-electron chi connectivity index (χ0n) is 21.4. The largest absolute Gasteiger partial charge is 0.487 e. The Balaban J connectivity index is 1.40. The molecule has 0 unspecified atom stereocenters. The van der Waals surface area contributed by atoms with Gasteiger partial charge in [-0.05, 0) is 42.8 Å². The maximum atomic E-state index is 13.0. The van der Waals surface area contributed by atoms with Crippen LogP contribution in [0.2, 0.25) is 0 Å². The molecule has 41 heavy (non-hydrogen) atoms. The summed E-state index contributed by atoms with van der Waals surface area (Å²) in [5, 5.41) is 13.0. The molecule has 0 atom stereocenters. The number of esters is 1. The average molecular weight is 613 g/mol. The van der Waals surface area contributed by atoms with Crippen LogP contribution in [0.5, 0.6) is 5.75 Å². The van der Waals surface area contributed by atoms with Gasteiger partial charge in [0.2, 0.25) is 10.2 Å². The van der Waals surface area contributed by atoms with Crippen LogP contribution in [0.3, 0.4) is 0 Å². The number of carbonyl (C=O) groups excluding carboxylic acids is 2. The van der Waals surface area contributed by atoms with Gasteiger partial charge in [0.1, 0.15) is 31.1 Å². The first-order valence-electron chi connectivity index (χ1n) is 11.9. The molecule has 0 aliphatic carbocycles. The Hall–Kier alpha value is -4.09. The summed E-state index contributed by atoms with van der Waals surface area (Å²) in [7, 11) is -3.93. The van der Waals surface area contributed by atoms with Gasteiger partial charge in [0, 0.05) is 6.54 Å². The minimum absolute atomic E-state index is 0.0291. The summed E-state index contributed by atoms with van der Waals surface area (Å²) < 4.78 is 73.9. The second kappa shape index (κ2) is 12.2. The van der Waals surface area contributed by atoms with Crippen molar-refractivity contribution in [2.75, 3.05) is 13.2 Å². The third-order valence-electron chi connectivity index (χ3n) is 5.49. The summed E-state index contributed by atoms with van der Waals surface area (Å²) in [4.78, 5) is 30.2. The molecular formula is C24H23F3N6O6S2. The Morgan fingerprint density at radius 3 is 2.54 bits per heavy atom. The lowest BCUT2D eigenvalue weighted by Gasteiger charge is -2.22. The summed E-state index contributed by atoms with van der Waals surface area (Å²) in [6.07, 6.45) is -3.04. The molecule has 4 rings (SSSR count). The van der Waals surface area contributed by atoms with Crippen LogP contribution in [0.1, 0.15) is 23.7 Å². The monoisotopic (exact) mass is 612 g/mol. The van der Waals surface area contributed by atoms with Crippen LogP contribution in [-0.4, -0.2) is 58.3 Å². The molecule has 2 heterocycles. The lowest BCUT2D eigenvalue weighted by atomic mass is 10.1. The van der Waals surface area contributed by atoms with E-state index < -0.39 is 40.2 Å². The lowest BCUT2D eigenvalue weighted by Crippen LogP contribution is -2.38. The van der Waals surface area contributed by atoms with Crippen LogP contribution in [-0.2, 0) is 50.2 Å². The fourth-order valence-corrected chi connectivity index (χ4v) is 5.27. The van der Waals surface area contributed by atoms with Crippen LogP contribution in [0.15, 0.2) is 53.0 Å². The van der Waals surface area contributed by atoms with Gasteiger partial charge in [-0.3, -0.25) is 9.59 Å². The minimum atomic E-state index is -4.50. The summed E-state index contributed by atoms with van der Waals surface area (Å²) >= 11 is 0.902. The van der Waals surface area contributed by atoms with Crippen molar-refractivity contribution in [3.8, 4) is 5.75 Å². The highest BCUT2D eigenvalue weighted by molar-refractivity contribution is 7.91. The quantitative estimate of drug-likeness (QED) is 0.251. The lowest BCUT2D eigenvalue weighted by molar-refractivity contribution is -0.149. The number of nitrogens with zero attached hydrogens (tertiary/aromatic N) is 5. The van der Waals surface area contributed by atoms with Crippen molar-refractivity contribution in [3.63, 3.8) is 0 Å². The summed E-state index contributed by atoms with van der Waals surface area (Å²) in [6.45, 7) is 0.820. The molecular weight excluding hydrogens is 589 g/mol. The van der Waals surface area contributed by atoms with Gasteiger partial charge in [0.05, 0.1) is 28.6 Å². The molecule has 0 spiro atoms. The number of nitrogens with two attached hydrogens (primary N) is 1. The van der Waals surface area contributed by atoms with E-state index >= 15 is 0 Å². The standard InChI is InChI=1S/C24H23F3N6O6S2/c1-2-38-22(35)13-32(10-15-3-5-16(6-4-15)24(25,26)27)21(34)12-33-11-17(30-31-33)14-39-18-7-8-19-20(9-18)40-23(29-19)41(28,36)37/h3-9,11H,2,10,12-14H2,1H3,(H2,28,36,37). The minimum Gasteiger partial charge on any atom is -0.487 e. The number of thiazole rings is 1. The van der Waals surface area contributed by atoms with E-state index in [1.54, 1.807) is 25.1 Å². The molecule has 2 aromatic carbocycles. The van der Waals surface area contributed by atoms with Crippen molar-refractivity contribution in [1.82, 2.24) is 24.9 Å². The molecule has 0 aliphatic rings. The van der Waals surface area contributed by atoms with Crippen molar-refractivity contribution in [3.05, 3.63) is 65.5 Å². The Bertz CT molecular complexity index is 1650. The SMILES string of the molecule is CCOC(=O)CN(Cc1ccc(C(F)(F)F)cc1)C(=O)Cn1cc(COc2ccc3nc(S(N)(=O)=O)sc3c2)nn1. The molecule has 17 heteroatoms. The van der Waals surface area contributed by atoms with Gasteiger partial charge in [-0.15, -0.1) is 16.4 Å². The number of fused-ring (bicyclic) bond motifs is 1. The molecule has 0 fully saturated rings. The average Bonchev–Trinajstić information content (AvgIpc) is 3.53. The number of primary sulfonamides is 1. The summed E-state index contributed by atoms with van der Waals surface area (Å²) in [6, 6.07) is 9.05. The number of carbonyl (C=O) groups is 2. The normalized spacial score (nSPS) is 11.9. The van der Waals surface area contributed by atoms with Crippen LogP contribution in [0, 0.1) is 0 Å². The fourth-order valence-electron chi connectivity index (χ4n) is 3.59. The molecule has 0 bridgehead atoms. The van der Waals surface area contributed by atoms with Gasteiger partial charge >= 0.3 is 12.1 Å². The number of hydrogen-bond donors (Lipinski definition) is 1. The van der Waals surface area contributed by atoms with Gasteiger partial charge < -0.3 is 14.4 Å². The number of sulfonamides is 1. The zero-order chi connectivity index (χ0) is 29.8. The topological polar surface area (TPSA) is 160 Å². The Labute approximate surface area is 235 Å². The molecule has 2 aromatic heterocycles. The molecule has 0 radical (unpaired) electrons. The van der Waals surface area contributed by atoms with Gasteiger partial charge in [-0.1, -0.05) is 17.3 Å². The van der Waals surface area contributed by atoms with Crippen molar-refractivity contribution in [2.45, 2.75) is 37.1 Å². The maximum absolute atomic E-state index is 13.0. The fraction of sp³-hybridized carbons (Fsp3) is 0.292. The first kappa shape index (κ1) is 29.9. The van der Waals surface area contributed by atoms with E-state index in [9.17, 15) is 31.2 Å². The molecule has 0 saturated carbocycles. The maximum Gasteiger partial charge on any atom is 0.416 e. The van der Waals surface area contributed by atoms with E-state index in [0.717, 1.165) is 28.4 Å². The van der Waals surface area contributed by atoms with Gasteiger partial charge in [0.15, 0.2) is 0 Å². The molecule has 0 saturated heterocycles. The molecule has 0 aliphatic heterocycles. The highest BCUT2D eigenvalue weighted by atomic mass is 32.2. The van der Waals surface area contributed by atoms with Crippen molar-refractivity contribution in [1.29, 1.82) is 0 Å². The van der Waals surface area contributed by atoms with E-state index in [4.69, 9.17) is 14.6 Å². The molecule has 218 valence electrons. The van der Waals surface area contributed by atoms with Crippen LogP contribution >= 0.6 is 11.3 Å². The highest BCUT2D eigenvalue weighted by Crippen LogP contribution is 2.30. The summed E-state index contributed by atoms with van der Waals surface area (Å²) in [5.41, 5.74) is 0.367. The number of ether oxygens (including phenoxy) is 2. The molecule has 2 N–H and O–H groups in total. The number of benzene rings is 2. The Kier molecular flexibility index (Phi) is 8.89. The van der Waals surface area contributed by atoms with Crippen LogP contribution in [0.4, 0.5) is 13.2 Å². The van der Waals surface area contributed by atoms with E-state index in [-0.39, 0.29) is 30.6 Å². The smallest absolute Gasteiger partial charge is 0.416 e.